The molecule has 1 fully saturated rings. The van der Waals surface area contributed by atoms with Gasteiger partial charge in [0, 0.05) is 30.0 Å². The third-order valence-electron chi connectivity index (χ3n) is 6.15. The van der Waals surface area contributed by atoms with E-state index in [9.17, 15) is 9.90 Å². The zero-order valence-corrected chi connectivity index (χ0v) is 21.4. The van der Waals surface area contributed by atoms with Crippen LogP contribution < -0.4 is 10.6 Å². The molecule has 2 heterocycles. The van der Waals surface area contributed by atoms with E-state index in [1.807, 2.05) is 78.9 Å². The molecule has 2 amide bonds. The third kappa shape index (κ3) is 6.99. The van der Waals surface area contributed by atoms with Crippen LogP contribution in [0.5, 0.6) is 0 Å². The number of urea groups is 1. The van der Waals surface area contributed by atoms with E-state index in [-0.39, 0.29) is 24.8 Å². The zero-order chi connectivity index (χ0) is 26.2. The molecule has 1 aliphatic rings. The summed E-state index contributed by atoms with van der Waals surface area (Å²) in [6.45, 7) is 0.446. The number of carbonyl (C=O) groups excluding carboxylic acids is 1. The molecular formula is C28H29N5O4S. The molecule has 1 aromatic heterocycles. The van der Waals surface area contributed by atoms with Crippen LogP contribution in [-0.4, -0.2) is 38.2 Å². The topological polar surface area (TPSA) is 121 Å². The molecule has 4 aromatic rings. The normalized spacial score (nSPS) is 19.1. The lowest BCUT2D eigenvalue weighted by Gasteiger charge is -2.36. The lowest BCUT2D eigenvalue weighted by atomic mass is 10.0. The average molecular weight is 532 g/mol. The molecule has 0 bridgehead atoms. The molecule has 9 nitrogen and oxygen atoms in total. The van der Waals surface area contributed by atoms with Gasteiger partial charge in [-0.2, -0.15) is 5.10 Å². The Labute approximate surface area is 225 Å². The summed E-state index contributed by atoms with van der Waals surface area (Å²) in [6, 6.07) is 24.7. The molecule has 3 atom stereocenters. The molecule has 0 spiro atoms. The van der Waals surface area contributed by atoms with Crippen LogP contribution >= 0.6 is 11.8 Å². The summed E-state index contributed by atoms with van der Waals surface area (Å²) in [4.78, 5) is 16.5. The van der Waals surface area contributed by atoms with Crippen molar-refractivity contribution in [2.45, 2.75) is 43.2 Å². The largest absolute Gasteiger partial charge is 0.392 e. The van der Waals surface area contributed by atoms with Crippen molar-refractivity contribution in [3.8, 4) is 0 Å². The van der Waals surface area contributed by atoms with Gasteiger partial charge >= 0.3 is 6.03 Å². The van der Waals surface area contributed by atoms with Crippen LogP contribution in [0, 0.1) is 0 Å². The van der Waals surface area contributed by atoms with Crippen LogP contribution in [0.2, 0.25) is 0 Å². The maximum absolute atomic E-state index is 12.3. The van der Waals surface area contributed by atoms with Crippen LogP contribution in [0.4, 0.5) is 10.5 Å². The number of nitrogens with one attached hydrogen (secondary N) is 3. The number of benzene rings is 3. The summed E-state index contributed by atoms with van der Waals surface area (Å²) in [5, 5.41) is 22.6. The van der Waals surface area contributed by atoms with Crippen molar-refractivity contribution in [3.63, 3.8) is 0 Å². The zero-order valence-electron chi connectivity index (χ0n) is 20.6. The number of aromatic nitrogens is 3. The molecule has 0 radical (unpaired) electrons. The molecule has 3 aromatic carbocycles. The molecule has 10 heteroatoms. The second-order valence-corrected chi connectivity index (χ2v) is 9.88. The summed E-state index contributed by atoms with van der Waals surface area (Å²) in [5.74, 6) is 0.682. The number of H-pyrrole nitrogens is 1. The number of nitrogens with zero attached hydrogens (tertiary/aromatic N) is 2. The maximum Gasteiger partial charge on any atom is 0.319 e. The first-order valence-electron chi connectivity index (χ1n) is 12.3. The van der Waals surface area contributed by atoms with Gasteiger partial charge in [0.15, 0.2) is 11.4 Å². The van der Waals surface area contributed by atoms with Crippen molar-refractivity contribution in [2.75, 3.05) is 11.1 Å². The minimum Gasteiger partial charge on any atom is -0.392 e. The summed E-state index contributed by atoms with van der Waals surface area (Å²) in [6.07, 6.45) is 1.32. The highest BCUT2D eigenvalue weighted by atomic mass is 32.2. The van der Waals surface area contributed by atoms with E-state index in [4.69, 9.17) is 9.47 Å². The molecule has 0 unspecified atom stereocenters. The Kier molecular flexibility index (Phi) is 8.67. The number of thioether (sulfide) groups is 1. The quantitative estimate of drug-likeness (QED) is 0.225. The second kappa shape index (κ2) is 12.7. The average Bonchev–Trinajstić information content (AvgIpc) is 3.50. The Hall–Kier alpha value is -3.70. The number of hydrogen-bond acceptors (Lipinski definition) is 7. The van der Waals surface area contributed by atoms with Crippen LogP contribution in [-0.2, 0) is 22.6 Å². The van der Waals surface area contributed by atoms with Crippen molar-refractivity contribution in [1.82, 2.24) is 20.5 Å². The SMILES string of the molecule is O=C(NCc1ccccc1)Nc1ccc([C@@H]2O[C@H](CSc3ncn[nH]3)C[C@H](c3ccc(CO)cc3)O2)cc1. The van der Waals surface area contributed by atoms with Crippen molar-refractivity contribution in [2.24, 2.45) is 0 Å². The van der Waals surface area contributed by atoms with Gasteiger partial charge in [-0.15, -0.1) is 0 Å². The van der Waals surface area contributed by atoms with Gasteiger partial charge < -0.3 is 25.2 Å². The molecule has 0 aliphatic carbocycles. The van der Waals surface area contributed by atoms with Crippen LogP contribution in [0.15, 0.2) is 90.3 Å². The molecule has 196 valence electrons. The third-order valence-corrected chi connectivity index (χ3v) is 7.16. The van der Waals surface area contributed by atoms with Gasteiger partial charge in [-0.3, -0.25) is 5.10 Å². The van der Waals surface area contributed by atoms with Crippen molar-refractivity contribution >= 4 is 23.5 Å². The number of aliphatic hydroxyl groups excluding tert-OH is 1. The minimum atomic E-state index is -0.576. The fourth-order valence-corrected chi connectivity index (χ4v) is 4.93. The molecule has 1 saturated heterocycles. The van der Waals surface area contributed by atoms with Gasteiger partial charge in [-0.1, -0.05) is 78.5 Å². The smallest absolute Gasteiger partial charge is 0.319 e. The first-order chi connectivity index (χ1) is 18.7. The Morgan fingerprint density at radius 2 is 1.74 bits per heavy atom. The van der Waals surface area contributed by atoms with E-state index < -0.39 is 6.29 Å². The molecule has 5 rings (SSSR count). The van der Waals surface area contributed by atoms with E-state index >= 15 is 0 Å². The number of hydrogen-bond donors (Lipinski definition) is 4. The number of carbonyl (C=O) groups is 1. The van der Waals surface area contributed by atoms with Crippen molar-refractivity contribution in [3.05, 3.63) is 107 Å². The van der Waals surface area contributed by atoms with E-state index in [2.05, 4.69) is 25.8 Å². The molecular weight excluding hydrogens is 502 g/mol. The van der Waals surface area contributed by atoms with Crippen LogP contribution in [0.3, 0.4) is 0 Å². The number of aliphatic hydroxyl groups is 1. The predicted octanol–water partition coefficient (Wildman–Crippen LogP) is 4.96. The monoisotopic (exact) mass is 531 g/mol. The van der Waals surface area contributed by atoms with E-state index in [0.29, 0.717) is 24.4 Å². The van der Waals surface area contributed by atoms with Gasteiger partial charge in [0.05, 0.1) is 18.8 Å². The standard InChI is InChI=1S/C28H29N5O4S/c34-16-20-6-8-21(9-7-20)25-14-24(17-38-28-30-18-31-33-28)36-26(37-25)22-10-12-23(13-11-22)32-27(35)29-15-19-4-2-1-3-5-19/h1-13,18,24-26,34H,14-17H2,(H2,29,32,35)(H,30,31,33)/t24-,25+,26+/m0/s1. The van der Waals surface area contributed by atoms with Gasteiger partial charge in [-0.25, -0.2) is 9.78 Å². The van der Waals surface area contributed by atoms with Gasteiger partial charge in [0.2, 0.25) is 0 Å². The fraction of sp³-hybridized carbons (Fsp3) is 0.250. The lowest BCUT2D eigenvalue weighted by Crippen LogP contribution is -2.31. The van der Waals surface area contributed by atoms with E-state index in [1.54, 1.807) is 11.8 Å². The van der Waals surface area contributed by atoms with Gasteiger partial charge in [0.1, 0.15) is 6.33 Å². The molecule has 38 heavy (non-hydrogen) atoms. The van der Waals surface area contributed by atoms with Crippen LogP contribution in [0.25, 0.3) is 0 Å². The second-order valence-electron chi connectivity index (χ2n) is 8.87. The minimum absolute atomic E-state index is 0.00134. The highest BCUT2D eigenvalue weighted by Crippen LogP contribution is 2.39. The van der Waals surface area contributed by atoms with E-state index in [1.165, 1.54) is 6.33 Å². The summed E-state index contributed by atoms with van der Waals surface area (Å²) in [7, 11) is 0. The number of amides is 2. The highest BCUT2D eigenvalue weighted by molar-refractivity contribution is 7.99. The Morgan fingerprint density at radius 1 is 0.974 bits per heavy atom. The number of ether oxygens (including phenoxy) is 2. The highest BCUT2D eigenvalue weighted by Gasteiger charge is 2.32. The maximum atomic E-state index is 12.3. The Bertz CT molecular complexity index is 1290. The predicted molar refractivity (Wildman–Crippen MR) is 144 cm³/mol. The lowest BCUT2D eigenvalue weighted by molar-refractivity contribution is -0.245. The Balaban J connectivity index is 1.24. The molecule has 1 aliphatic heterocycles. The number of aromatic amines is 1. The van der Waals surface area contributed by atoms with Crippen LogP contribution in [0.1, 0.15) is 41.1 Å². The van der Waals surface area contributed by atoms with E-state index in [0.717, 1.165) is 27.4 Å². The molecule has 0 saturated carbocycles. The first-order valence-corrected chi connectivity index (χ1v) is 13.3. The fourth-order valence-electron chi connectivity index (χ4n) is 4.14. The number of anilines is 1. The van der Waals surface area contributed by atoms with Gasteiger partial charge in [0.25, 0.3) is 0 Å². The first kappa shape index (κ1) is 25.9. The summed E-state index contributed by atoms with van der Waals surface area (Å²) >= 11 is 1.55. The summed E-state index contributed by atoms with van der Waals surface area (Å²) in [5.41, 5.74) is 4.43. The van der Waals surface area contributed by atoms with Gasteiger partial charge in [-0.05, 0) is 28.8 Å². The van der Waals surface area contributed by atoms with Crippen molar-refractivity contribution < 1.29 is 19.4 Å². The van der Waals surface area contributed by atoms with Crippen molar-refractivity contribution in [1.29, 1.82) is 0 Å². The number of rotatable bonds is 9. The molecule has 4 N–H and O–H groups in total. The Morgan fingerprint density at radius 3 is 2.45 bits per heavy atom. The summed E-state index contributed by atoms with van der Waals surface area (Å²) < 4.78 is 12.7.